The van der Waals surface area contributed by atoms with Gasteiger partial charge in [-0.2, -0.15) is 0 Å². The van der Waals surface area contributed by atoms with Crippen LogP contribution in [0.5, 0.6) is 0 Å². The molecule has 9 rings (SSSR count). The molecule has 0 aromatic heterocycles. The fourth-order valence-corrected chi connectivity index (χ4v) is 8.65. The lowest BCUT2D eigenvalue weighted by Gasteiger charge is -2.48. The highest BCUT2D eigenvalue weighted by Gasteiger charge is 2.57. The van der Waals surface area contributed by atoms with Crippen molar-refractivity contribution in [1.82, 2.24) is 0 Å². The van der Waals surface area contributed by atoms with Crippen molar-refractivity contribution in [2.45, 2.75) is 68.0 Å². The van der Waals surface area contributed by atoms with E-state index in [4.69, 9.17) is 47.4 Å². The van der Waals surface area contributed by atoms with Gasteiger partial charge < -0.3 is 52.5 Å². The molecule has 398 valence electrons. The van der Waals surface area contributed by atoms with Crippen molar-refractivity contribution in [3.05, 3.63) is 251 Å². The van der Waals surface area contributed by atoms with Gasteiger partial charge in [0.05, 0.1) is 40.0 Å². The molecule has 0 saturated carbocycles. The molecule has 0 spiro atoms. The number of aliphatic hydroxyl groups excluding tert-OH is 1. The smallest absolute Gasteiger partial charge is 0.338 e. The zero-order valence-electron chi connectivity index (χ0n) is 41.6. The Morgan fingerprint density at radius 3 is 1.04 bits per heavy atom. The number of aliphatic hydroxyl groups is 1. The normalized spacial score (nSPS) is 22.6. The summed E-state index contributed by atoms with van der Waals surface area (Å²) in [6.45, 7) is -1.50. The van der Waals surface area contributed by atoms with E-state index in [1.165, 1.54) is 72.8 Å². The first-order valence-corrected chi connectivity index (χ1v) is 24.9. The van der Waals surface area contributed by atoms with Gasteiger partial charge in [0, 0.05) is 0 Å². The van der Waals surface area contributed by atoms with Crippen molar-refractivity contribution in [3.63, 3.8) is 0 Å². The van der Waals surface area contributed by atoms with Gasteiger partial charge in [-0.3, -0.25) is 0 Å². The SMILES string of the molecule is O=C(OCC1OC(O)C(OC(=O)c2ccccc2)C(OC2OC(COC(=O)c3ccccc3)C(OC(=O)c3ccccc3)C(OCc3ccccc3)C2OC(=O)c2ccccc2)C1OC(=O)c1ccccc1)c1ccccc1. The largest absolute Gasteiger partial charge is 0.459 e. The van der Waals surface area contributed by atoms with Crippen molar-refractivity contribution >= 4 is 35.8 Å². The lowest BCUT2D eigenvalue weighted by atomic mass is 9.95. The average molecular weight is 1060 g/mol. The molecule has 0 radical (unpaired) electrons. The van der Waals surface area contributed by atoms with E-state index in [0.29, 0.717) is 5.56 Å². The Labute approximate surface area is 448 Å². The van der Waals surface area contributed by atoms with Crippen LogP contribution in [0, 0.1) is 0 Å². The predicted molar refractivity (Wildman–Crippen MR) is 275 cm³/mol. The second kappa shape index (κ2) is 26.3. The van der Waals surface area contributed by atoms with E-state index in [1.54, 1.807) is 140 Å². The highest BCUT2D eigenvalue weighted by Crippen LogP contribution is 2.37. The van der Waals surface area contributed by atoms with E-state index in [2.05, 4.69) is 0 Å². The molecule has 17 nitrogen and oxygen atoms in total. The van der Waals surface area contributed by atoms with Crippen LogP contribution in [0.2, 0.25) is 0 Å². The Balaban J connectivity index is 1.17. The first-order valence-electron chi connectivity index (χ1n) is 24.9. The predicted octanol–water partition coefficient (Wildman–Crippen LogP) is 8.02. The van der Waals surface area contributed by atoms with Crippen LogP contribution in [-0.2, 0) is 54.0 Å². The molecule has 0 amide bonds. The third kappa shape index (κ3) is 13.8. The summed E-state index contributed by atoms with van der Waals surface area (Å²) >= 11 is 0. The van der Waals surface area contributed by atoms with E-state index in [-0.39, 0.29) is 40.0 Å². The first kappa shape index (κ1) is 54.0. The van der Waals surface area contributed by atoms with Crippen LogP contribution in [0.4, 0.5) is 0 Å². The summed E-state index contributed by atoms with van der Waals surface area (Å²) in [6.07, 6.45) is -17.6. The minimum Gasteiger partial charge on any atom is -0.459 e. The zero-order chi connectivity index (χ0) is 54.2. The zero-order valence-corrected chi connectivity index (χ0v) is 41.6. The lowest BCUT2D eigenvalue weighted by molar-refractivity contribution is -0.356. The number of esters is 6. The number of hydrogen-bond donors (Lipinski definition) is 1. The van der Waals surface area contributed by atoms with Gasteiger partial charge in [-0.15, -0.1) is 0 Å². The standard InChI is InChI=1S/C61H52O17/c62-54(40-24-10-2-11-25-40)70-37-46-49(75-57(65)43-30-16-5-17-31-43)51(52(60(68)72-46)76-58(66)44-32-18-6-19-33-44)78-61-53(77-59(67)45-34-20-7-21-35-45)50(69-36-39-22-8-1-9-23-39)48(74-56(64)42-28-14-4-15-29-42)47(73-61)38-71-55(63)41-26-12-3-13-27-41/h1-35,46-53,60-61,68H,36-38H2. The maximum absolute atomic E-state index is 14.5. The van der Waals surface area contributed by atoms with Crippen LogP contribution in [-0.4, -0.2) is 116 Å². The highest BCUT2D eigenvalue weighted by molar-refractivity contribution is 5.92. The van der Waals surface area contributed by atoms with E-state index < -0.39 is 110 Å². The molecule has 7 aromatic rings. The third-order valence-electron chi connectivity index (χ3n) is 12.6. The highest BCUT2D eigenvalue weighted by atomic mass is 16.8. The maximum atomic E-state index is 14.5. The Kier molecular flexibility index (Phi) is 18.2. The average Bonchev–Trinajstić information content (AvgIpc) is 3.56. The third-order valence-corrected chi connectivity index (χ3v) is 12.6. The van der Waals surface area contributed by atoms with Crippen molar-refractivity contribution < 1.29 is 81.2 Å². The molecule has 0 bridgehead atoms. The molecule has 0 aliphatic carbocycles. The molecule has 1 N–H and O–H groups in total. The Morgan fingerprint density at radius 1 is 0.346 bits per heavy atom. The van der Waals surface area contributed by atoms with Gasteiger partial charge in [0.25, 0.3) is 0 Å². The molecular weight excluding hydrogens is 1000 g/mol. The lowest BCUT2D eigenvalue weighted by Crippen LogP contribution is -2.67. The summed E-state index contributed by atoms with van der Waals surface area (Å²) in [5.74, 6) is -5.29. The summed E-state index contributed by atoms with van der Waals surface area (Å²) < 4.78 is 62.9. The maximum Gasteiger partial charge on any atom is 0.338 e. The Morgan fingerprint density at radius 2 is 0.654 bits per heavy atom. The van der Waals surface area contributed by atoms with Gasteiger partial charge in [0.1, 0.15) is 37.6 Å². The van der Waals surface area contributed by atoms with Crippen LogP contribution in [0.1, 0.15) is 67.7 Å². The van der Waals surface area contributed by atoms with E-state index in [1.807, 2.05) is 0 Å². The first-order chi connectivity index (χ1) is 38.1. The number of rotatable bonds is 19. The quantitative estimate of drug-likeness (QED) is 0.0599. The number of carbonyl (C=O) groups excluding carboxylic acids is 6. The van der Waals surface area contributed by atoms with Crippen molar-refractivity contribution in [1.29, 1.82) is 0 Å². The molecule has 7 aromatic carbocycles. The monoisotopic (exact) mass is 1060 g/mol. The molecule has 17 heteroatoms. The second-order valence-electron chi connectivity index (χ2n) is 17.8. The summed E-state index contributed by atoms with van der Waals surface area (Å²) in [5, 5.41) is 12.0. The summed E-state index contributed by atoms with van der Waals surface area (Å²) in [6, 6.07) is 56.5. The molecule has 78 heavy (non-hydrogen) atoms. The molecule has 10 atom stereocenters. The topological polar surface area (TPSA) is 215 Å². The van der Waals surface area contributed by atoms with Crippen molar-refractivity contribution in [2.24, 2.45) is 0 Å². The van der Waals surface area contributed by atoms with E-state index in [9.17, 15) is 33.9 Å². The van der Waals surface area contributed by atoms with Crippen LogP contribution in [0.25, 0.3) is 0 Å². The minimum absolute atomic E-state index is 0.0431. The minimum atomic E-state index is -2.10. The van der Waals surface area contributed by atoms with Crippen LogP contribution in [0.3, 0.4) is 0 Å². The van der Waals surface area contributed by atoms with Gasteiger partial charge in [0.2, 0.25) is 0 Å². The fourth-order valence-electron chi connectivity index (χ4n) is 8.65. The van der Waals surface area contributed by atoms with Crippen LogP contribution < -0.4 is 0 Å². The van der Waals surface area contributed by atoms with Crippen LogP contribution in [0.15, 0.2) is 212 Å². The molecular formula is C61H52O17. The van der Waals surface area contributed by atoms with E-state index in [0.717, 1.165) is 0 Å². The Bertz CT molecular complexity index is 3080. The number of benzene rings is 7. The number of ether oxygens (including phenoxy) is 10. The Hall–Kier alpha value is -8.84. The van der Waals surface area contributed by atoms with Gasteiger partial charge in [0.15, 0.2) is 37.0 Å². The van der Waals surface area contributed by atoms with Crippen molar-refractivity contribution in [2.75, 3.05) is 13.2 Å². The summed E-state index contributed by atoms with van der Waals surface area (Å²) in [4.78, 5) is 84.2. The molecule has 2 aliphatic rings. The van der Waals surface area contributed by atoms with Gasteiger partial charge in [-0.1, -0.05) is 140 Å². The number of carbonyl (C=O) groups is 6. The summed E-state index contributed by atoms with van der Waals surface area (Å²) in [5.41, 5.74) is 1.26. The van der Waals surface area contributed by atoms with Gasteiger partial charge in [-0.05, 0) is 78.4 Å². The number of hydrogen-bond acceptors (Lipinski definition) is 17. The molecule has 10 unspecified atom stereocenters. The summed E-state index contributed by atoms with van der Waals surface area (Å²) in [7, 11) is 0. The van der Waals surface area contributed by atoms with Crippen molar-refractivity contribution in [3.8, 4) is 0 Å². The second-order valence-corrected chi connectivity index (χ2v) is 17.8. The molecule has 2 saturated heterocycles. The molecule has 2 aliphatic heterocycles. The molecule has 2 fully saturated rings. The fraction of sp³-hybridized carbons (Fsp3) is 0.213. The van der Waals surface area contributed by atoms with Crippen LogP contribution >= 0.6 is 0 Å². The molecule has 2 heterocycles. The van der Waals surface area contributed by atoms with Gasteiger partial charge in [-0.25, -0.2) is 28.8 Å². The van der Waals surface area contributed by atoms with Gasteiger partial charge >= 0.3 is 35.8 Å². The van der Waals surface area contributed by atoms with E-state index >= 15 is 0 Å².